The maximum absolute atomic E-state index is 9.94. The van der Waals surface area contributed by atoms with Crippen molar-refractivity contribution >= 4 is 0 Å². The zero-order valence-corrected chi connectivity index (χ0v) is 13.0. The fourth-order valence-corrected chi connectivity index (χ4v) is 3.13. The summed E-state index contributed by atoms with van der Waals surface area (Å²) in [7, 11) is 0. The second kappa shape index (κ2) is 6.58. The standard InChI is InChI=1S/C17H23N3O2/c1-2-3-8-16-19-15(20-22-16)11-18-17(12-21)10-9-13-6-4-5-7-14(13)17/h4-7,18,21H,2-3,8-12H2,1H3/t17-/m1/s1. The van der Waals surface area contributed by atoms with E-state index in [1.807, 2.05) is 12.1 Å². The fraction of sp³-hybridized carbons (Fsp3) is 0.529. The lowest BCUT2D eigenvalue weighted by Gasteiger charge is -2.29. The van der Waals surface area contributed by atoms with Gasteiger partial charge in [0.1, 0.15) is 0 Å². The molecule has 0 saturated carbocycles. The van der Waals surface area contributed by atoms with Gasteiger partial charge in [0, 0.05) is 6.42 Å². The zero-order valence-electron chi connectivity index (χ0n) is 13.0. The maximum Gasteiger partial charge on any atom is 0.226 e. The summed E-state index contributed by atoms with van der Waals surface area (Å²) in [5, 5.41) is 17.4. The molecule has 0 spiro atoms. The lowest BCUT2D eigenvalue weighted by atomic mass is 9.92. The third-order valence-corrected chi connectivity index (χ3v) is 4.46. The molecule has 1 aliphatic rings. The summed E-state index contributed by atoms with van der Waals surface area (Å²) < 4.78 is 5.25. The highest BCUT2D eigenvalue weighted by atomic mass is 16.5. The third kappa shape index (κ3) is 2.91. The quantitative estimate of drug-likeness (QED) is 0.821. The number of aliphatic hydroxyl groups excluding tert-OH is 1. The molecule has 1 atom stereocenters. The van der Waals surface area contributed by atoms with Crippen LogP contribution in [0.2, 0.25) is 0 Å². The molecular formula is C17H23N3O2. The molecule has 0 radical (unpaired) electrons. The van der Waals surface area contributed by atoms with Crippen LogP contribution in [0.4, 0.5) is 0 Å². The fourth-order valence-electron chi connectivity index (χ4n) is 3.13. The summed E-state index contributed by atoms with van der Waals surface area (Å²) in [4.78, 5) is 4.41. The molecule has 22 heavy (non-hydrogen) atoms. The molecule has 0 saturated heterocycles. The molecular weight excluding hydrogens is 278 g/mol. The largest absolute Gasteiger partial charge is 0.394 e. The smallest absolute Gasteiger partial charge is 0.226 e. The molecule has 0 amide bonds. The van der Waals surface area contributed by atoms with E-state index in [1.165, 1.54) is 11.1 Å². The number of nitrogens with zero attached hydrogens (tertiary/aromatic N) is 2. The van der Waals surface area contributed by atoms with Crippen LogP contribution in [0, 0.1) is 0 Å². The van der Waals surface area contributed by atoms with Gasteiger partial charge in [0.05, 0.1) is 18.7 Å². The van der Waals surface area contributed by atoms with Gasteiger partial charge in [-0.05, 0) is 30.4 Å². The van der Waals surface area contributed by atoms with Gasteiger partial charge in [-0.1, -0.05) is 42.8 Å². The Morgan fingerprint density at radius 3 is 3.05 bits per heavy atom. The normalized spacial score (nSPS) is 20.3. The van der Waals surface area contributed by atoms with Crippen molar-refractivity contribution in [1.82, 2.24) is 15.5 Å². The minimum absolute atomic E-state index is 0.0740. The van der Waals surface area contributed by atoms with E-state index in [4.69, 9.17) is 4.52 Å². The van der Waals surface area contributed by atoms with E-state index in [-0.39, 0.29) is 12.1 Å². The SMILES string of the molecule is CCCCc1nc(CN[C@@]2(CO)CCc3ccccc32)no1. The molecule has 0 fully saturated rings. The predicted molar refractivity (Wildman–Crippen MR) is 83.3 cm³/mol. The second-order valence-electron chi connectivity index (χ2n) is 5.96. The van der Waals surface area contributed by atoms with Crippen molar-refractivity contribution in [2.45, 2.75) is 51.1 Å². The Morgan fingerprint density at radius 1 is 1.36 bits per heavy atom. The van der Waals surface area contributed by atoms with Gasteiger partial charge >= 0.3 is 0 Å². The third-order valence-electron chi connectivity index (χ3n) is 4.46. The highest BCUT2D eigenvalue weighted by Gasteiger charge is 2.37. The number of hydrogen-bond acceptors (Lipinski definition) is 5. The number of benzene rings is 1. The number of aryl methyl sites for hydroxylation is 2. The molecule has 0 aliphatic heterocycles. The summed E-state index contributed by atoms with van der Waals surface area (Å²) in [6.07, 6.45) is 4.88. The summed E-state index contributed by atoms with van der Waals surface area (Å²) in [6, 6.07) is 8.29. The molecule has 3 rings (SSSR count). The first-order valence-electron chi connectivity index (χ1n) is 8.03. The van der Waals surface area contributed by atoms with Crippen LogP contribution in [0.1, 0.15) is 49.0 Å². The highest BCUT2D eigenvalue weighted by molar-refractivity contribution is 5.38. The number of rotatable bonds is 7. The monoisotopic (exact) mass is 301 g/mol. The molecule has 1 aliphatic carbocycles. The van der Waals surface area contributed by atoms with Crippen LogP contribution < -0.4 is 5.32 Å². The summed E-state index contributed by atoms with van der Waals surface area (Å²) in [6.45, 7) is 2.72. The van der Waals surface area contributed by atoms with Crippen LogP contribution in [0.5, 0.6) is 0 Å². The molecule has 5 heteroatoms. The second-order valence-corrected chi connectivity index (χ2v) is 5.96. The number of aliphatic hydroxyl groups is 1. The topological polar surface area (TPSA) is 71.2 Å². The van der Waals surface area contributed by atoms with Crippen LogP contribution in [0.3, 0.4) is 0 Å². The number of unbranched alkanes of at least 4 members (excludes halogenated alkanes) is 1. The zero-order chi connectivity index (χ0) is 15.4. The van der Waals surface area contributed by atoms with Crippen molar-refractivity contribution in [3.8, 4) is 0 Å². The average Bonchev–Trinajstić information content (AvgIpc) is 3.16. The molecule has 2 N–H and O–H groups in total. The Hall–Kier alpha value is -1.72. The number of aromatic nitrogens is 2. The molecule has 1 heterocycles. The molecule has 5 nitrogen and oxygen atoms in total. The first-order valence-corrected chi connectivity index (χ1v) is 8.03. The van der Waals surface area contributed by atoms with Gasteiger partial charge in [0.2, 0.25) is 5.89 Å². The van der Waals surface area contributed by atoms with E-state index in [0.717, 1.165) is 32.1 Å². The van der Waals surface area contributed by atoms with Crippen molar-refractivity contribution in [1.29, 1.82) is 0 Å². The van der Waals surface area contributed by atoms with Crippen molar-refractivity contribution in [3.05, 3.63) is 47.1 Å². The Kier molecular flexibility index (Phi) is 4.55. The van der Waals surface area contributed by atoms with Crippen molar-refractivity contribution in [2.24, 2.45) is 0 Å². The van der Waals surface area contributed by atoms with E-state index < -0.39 is 0 Å². The van der Waals surface area contributed by atoms with Crippen LogP contribution in [-0.4, -0.2) is 21.9 Å². The first-order chi connectivity index (χ1) is 10.8. The van der Waals surface area contributed by atoms with Gasteiger partial charge in [-0.25, -0.2) is 0 Å². The minimum atomic E-state index is -0.388. The Morgan fingerprint density at radius 2 is 2.23 bits per heavy atom. The summed E-state index contributed by atoms with van der Waals surface area (Å²) in [5.41, 5.74) is 2.11. The molecule has 0 unspecified atom stereocenters. The van der Waals surface area contributed by atoms with Crippen LogP contribution in [0.15, 0.2) is 28.8 Å². The predicted octanol–water partition coefficient (Wildman–Crippen LogP) is 2.34. The first kappa shape index (κ1) is 15.2. The molecule has 0 bridgehead atoms. The van der Waals surface area contributed by atoms with Gasteiger partial charge in [0.25, 0.3) is 0 Å². The number of nitrogens with one attached hydrogen (secondary N) is 1. The number of fused-ring (bicyclic) bond motifs is 1. The van der Waals surface area contributed by atoms with Crippen molar-refractivity contribution < 1.29 is 9.63 Å². The highest BCUT2D eigenvalue weighted by Crippen LogP contribution is 2.36. The van der Waals surface area contributed by atoms with E-state index in [0.29, 0.717) is 18.3 Å². The Labute approximate surface area is 130 Å². The van der Waals surface area contributed by atoms with Gasteiger partial charge in [-0.15, -0.1) is 0 Å². The Bertz CT molecular complexity index is 626. The molecule has 118 valence electrons. The van der Waals surface area contributed by atoms with Crippen LogP contribution in [0.25, 0.3) is 0 Å². The lowest BCUT2D eigenvalue weighted by Crippen LogP contribution is -2.43. The van der Waals surface area contributed by atoms with E-state index in [1.54, 1.807) is 0 Å². The van der Waals surface area contributed by atoms with Gasteiger partial charge in [0.15, 0.2) is 5.82 Å². The Balaban J connectivity index is 1.68. The van der Waals surface area contributed by atoms with E-state index in [2.05, 4.69) is 34.5 Å². The van der Waals surface area contributed by atoms with E-state index in [9.17, 15) is 5.11 Å². The van der Waals surface area contributed by atoms with Gasteiger partial charge in [-0.2, -0.15) is 4.98 Å². The van der Waals surface area contributed by atoms with Gasteiger partial charge < -0.3 is 9.63 Å². The average molecular weight is 301 g/mol. The van der Waals surface area contributed by atoms with Crippen LogP contribution >= 0.6 is 0 Å². The van der Waals surface area contributed by atoms with E-state index >= 15 is 0 Å². The molecule has 2 aromatic rings. The van der Waals surface area contributed by atoms with Crippen molar-refractivity contribution in [2.75, 3.05) is 6.61 Å². The summed E-state index contributed by atoms with van der Waals surface area (Å²) in [5.74, 6) is 1.35. The number of hydrogen-bond donors (Lipinski definition) is 2. The van der Waals surface area contributed by atoms with Crippen molar-refractivity contribution in [3.63, 3.8) is 0 Å². The minimum Gasteiger partial charge on any atom is -0.394 e. The maximum atomic E-state index is 9.94. The lowest BCUT2D eigenvalue weighted by molar-refractivity contribution is 0.157. The summed E-state index contributed by atoms with van der Waals surface area (Å²) >= 11 is 0. The molecule has 1 aromatic carbocycles. The van der Waals surface area contributed by atoms with Crippen LogP contribution in [-0.2, 0) is 24.9 Å². The molecule has 1 aromatic heterocycles. The van der Waals surface area contributed by atoms with Gasteiger partial charge in [-0.3, -0.25) is 5.32 Å².